The van der Waals surface area contributed by atoms with Crippen molar-refractivity contribution < 1.29 is 4.79 Å². The molecule has 0 radical (unpaired) electrons. The molecule has 2 aromatic rings. The van der Waals surface area contributed by atoms with Crippen molar-refractivity contribution in [2.75, 3.05) is 19.6 Å². The van der Waals surface area contributed by atoms with Crippen molar-refractivity contribution in [1.82, 2.24) is 9.91 Å². The van der Waals surface area contributed by atoms with Crippen LogP contribution in [0.25, 0.3) is 0 Å². The second-order valence-corrected chi connectivity index (χ2v) is 7.19. The monoisotopic (exact) mass is 363 g/mol. The van der Waals surface area contributed by atoms with Crippen molar-refractivity contribution in [1.29, 1.82) is 0 Å². The summed E-state index contributed by atoms with van der Waals surface area (Å²) in [6.07, 6.45) is 0.748. The Kier molecular flexibility index (Phi) is 6.07. The maximum absolute atomic E-state index is 13.1. The minimum absolute atomic E-state index is 0.0387. The van der Waals surface area contributed by atoms with Gasteiger partial charge in [-0.2, -0.15) is 5.10 Å². The lowest BCUT2D eigenvalue weighted by molar-refractivity contribution is -0.134. The maximum atomic E-state index is 13.1. The second-order valence-electron chi connectivity index (χ2n) is 7.19. The first-order valence-electron chi connectivity index (χ1n) is 9.78. The summed E-state index contributed by atoms with van der Waals surface area (Å²) in [6.45, 7) is 10.5. The number of benzene rings is 2. The standard InChI is InChI=1S/C23H29N3O/c1-5-25(6-2)16-23(27)26-22(20-14-17(3)12-13-18(20)4)15-21(24-26)19-10-8-7-9-11-19/h7-14,22H,5-6,15-16H2,1-4H3/t22-/m0/s1. The van der Waals surface area contributed by atoms with Crippen LogP contribution in [0.3, 0.4) is 0 Å². The number of amides is 1. The summed E-state index contributed by atoms with van der Waals surface area (Å²) in [5.74, 6) is 0.0653. The highest BCUT2D eigenvalue weighted by molar-refractivity contribution is 6.03. The van der Waals surface area contributed by atoms with Gasteiger partial charge in [0.1, 0.15) is 0 Å². The number of hydrazone groups is 1. The Labute approximate surface area is 162 Å². The van der Waals surface area contributed by atoms with Gasteiger partial charge < -0.3 is 0 Å². The molecule has 0 aliphatic carbocycles. The number of hydrogen-bond donors (Lipinski definition) is 0. The largest absolute Gasteiger partial charge is 0.295 e. The van der Waals surface area contributed by atoms with Crippen LogP contribution >= 0.6 is 0 Å². The molecule has 1 atom stereocenters. The molecule has 0 bridgehead atoms. The summed E-state index contributed by atoms with van der Waals surface area (Å²) in [7, 11) is 0. The molecule has 0 spiro atoms. The van der Waals surface area contributed by atoms with E-state index in [2.05, 4.69) is 62.9 Å². The first-order chi connectivity index (χ1) is 13.0. The Hall–Kier alpha value is -2.46. The third kappa shape index (κ3) is 4.28. The molecule has 1 aliphatic heterocycles. The van der Waals surface area contributed by atoms with Crippen molar-refractivity contribution in [3.8, 4) is 0 Å². The third-order valence-electron chi connectivity index (χ3n) is 5.32. The number of nitrogens with zero attached hydrogens (tertiary/aromatic N) is 3. The predicted molar refractivity (Wildman–Crippen MR) is 111 cm³/mol. The van der Waals surface area contributed by atoms with E-state index >= 15 is 0 Å². The van der Waals surface area contributed by atoms with Gasteiger partial charge in [-0.25, -0.2) is 5.01 Å². The van der Waals surface area contributed by atoms with Gasteiger partial charge in [-0.05, 0) is 43.6 Å². The quantitative estimate of drug-likeness (QED) is 0.766. The Balaban J connectivity index is 1.96. The molecule has 0 fully saturated rings. The van der Waals surface area contributed by atoms with Crippen LogP contribution < -0.4 is 0 Å². The van der Waals surface area contributed by atoms with Crippen molar-refractivity contribution in [2.45, 2.75) is 40.2 Å². The van der Waals surface area contributed by atoms with Gasteiger partial charge in [0.25, 0.3) is 5.91 Å². The molecule has 0 saturated heterocycles. The normalized spacial score (nSPS) is 16.7. The smallest absolute Gasteiger partial charge is 0.257 e. The lowest BCUT2D eigenvalue weighted by Crippen LogP contribution is -2.38. The second kappa shape index (κ2) is 8.49. The Morgan fingerprint density at radius 2 is 1.81 bits per heavy atom. The van der Waals surface area contributed by atoms with Gasteiger partial charge in [0, 0.05) is 6.42 Å². The number of likely N-dealkylation sites (N-methyl/N-ethyl adjacent to an activating group) is 1. The van der Waals surface area contributed by atoms with Crippen LogP contribution in [-0.4, -0.2) is 41.2 Å². The van der Waals surface area contributed by atoms with Crippen molar-refractivity contribution in [3.05, 3.63) is 70.8 Å². The van der Waals surface area contributed by atoms with E-state index in [0.29, 0.717) is 6.54 Å². The first-order valence-corrected chi connectivity index (χ1v) is 9.78. The highest BCUT2D eigenvalue weighted by atomic mass is 16.2. The highest BCUT2D eigenvalue weighted by Crippen LogP contribution is 2.35. The molecule has 4 heteroatoms. The SMILES string of the molecule is CCN(CC)CC(=O)N1N=C(c2ccccc2)C[C@H]1c1cc(C)ccc1C. The average molecular weight is 364 g/mol. The Bertz CT molecular complexity index is 825. The lowest BCUT2D eigenvalue weighted by Gasteiger charge is -2.26. The van der Waals surface area contributed by atoms with E-state index in [1.54, 1.807) is 5.01 Å². The van der Waals surface area contributed by atoms with Crippen LogP contribution in [-0.2, 0) is 4.79 Å². The number of aryl methyl sites for hydroxylation is 2. The van der Waals surface area contributed by atoms with Gasteiger partial charge >= 0.3 is 0 Å². The topological polar surface area (TPSA) is 35.9 Å². The molecule has 1 heterocycles. The van der Waals surface area contributed by atoms with Crippen LogP contribution in [0.1, 0.15) is 48.6 Å². The van der Waals surface area contributed by atoms with Gasteiger partial charge in [0.05, 0.1) is 18.3 Å². The van der Waals surface area contributed by atoms with E-state index in [1.807, 2.05) is 18.2 Å². The van der Waals surface area contributed by atoms with Crippen LogP contribution in [0, 0.1) is 13.8 Å². The minimum atomic E-state index is -0.0387. The van der Waals surface area contributed by atoms with Crippen LogP contribution in [0.2, 0.25) is 0 Å². The van der Waals surface area contributed by atoms with Gasteiger partial charge in [-0.1, -0.05) is 67.9 Å². The molecular formula is C23H29N3O. The zero-order valence-corrected chi connectivity index (χ0v) is 16.8. The van der Waals surface area contributed by atoms with E-state index in [9.17, 15) is 4.79 Å². The Morgan fingerprint density at radius 1 is 1.11 bits per heavy atom. The van der Waals surface area contributed by atoms with Crippen molar-refractivity contribution in [2.24, 2.45) is 5.10 Å². The number of hydrogen-bond acceptors (Lipinski definition) is 3. The Morgan fingerprint density at radius 3 is 2.48 bits per heavy atom. The van der Waals surface area contributed by atoms with Gasteiger partial charge in [-0.15, -0.1) is 0 Å². The van der Waals surface area contributed by atoms with Crippen LogP contribution in [0.4, 0.5) is 0 Å². The van der Waals surface area contributed by atoms with E-state index in [-0.39, 0.29) is 11.9 Å². The molecule has 1 aliphatic rings. The summed E-state index contributed by atoms with van der Waals surface area (Å²) in [6, 6.07) is 16.6. The van der Waals surface area contributed by atoms with E-state index in [1.165, 1.54) is 16.7 Å². The summed E-state index contributed by atoms with van der Waals surface area (Å²) in [4.78, 5) is 15.2. The number of rotatable bonds is 6. The maximum Gasteiger partial charge on any atom is 0.257 e. The average Bonchev–Trinajstić information content (AvgIpc) is 3.14. The van der Waals surface area contributed by atoms with E-state index < -0.39 is 0 Å². The molecule has 1 amide bonds. The van der Waals surface area contributed by atoms with E-state index in [4.69, 9.17) is 5.10 Å². The van der Waals surface area contributed by atoms with Gasteiger partial charge in [0.2, 0.25) is 0 Å². The molecule has 0 unspecified atom stereocenters. The van der Waals surface area contributed by atoms with Crippen molar-refractivity contribution >= 4 is 11.6 Å². The molecular weight excluding hydrogens is 334 g/mol. The van der Waals surface area contributed by atoms with E-state index in [0.717, 1.165) is 30.8 Å². The predicted octanol–water partition coefficient (Wildman–Crippen LogP) is 4.32. The zero-order chi connectivity index (χ0) is 19.4. The molecule has 0 N–H and O–H groups in total. The van der Waals surface area contributed by atoms with Crippen molar-refractivity contribution in [3.63, 3.8) is 0 Å². The first kappa shape index (κ1) is 19.3. The van der Waals surface area contributed by atoms with Gasteiger partial charge in [0.15, 0.2) is 0 Å². The highest BCUT2D eigenvalue weighted by Gasteiger charge is 2.34. The van der Waals surface area contributed by atoms with Crippen LogP contribution in [0.15, 0.2) is 53.6 Å². The summed E-state index contributed by atoms with van der Waals surface area (Å²) < 4.78 is 0. The van der Waals surface area contributed by atoms with Crippen LogP contribution in [0.5, 0.6) is 0 Å². The molecule has 3 rings (SSSR count). The zero-order valence-electron chi connectivity index (χ0n) is 16.8. The number of carbonyl (C=O) groups excluding carboxylic acids is 1. The molecule has 4 nitrogen and oxygen atoms in total. The summed E-state index contributed by atoms with van der Waals surface area (Å²) in [5, 5.41) is 6.51. The fraction of sp³-hybridized carbons (Fsp3) is 0.391. The fourth-order valence-corrected chi connectivity index (χ4v) is 3.62. The lowest BCUT2D eigenvalue weighted by atomic mass is 9.94. The summed E-state index contributed by atoms with van der Waals surface area (Å²) >= 11 is 0. The summed E-state index contributed by atoms with van der Waals surface area (Å²) in [5.41, 5.74) is 5.67. The molecule has 0 aromatic heterocycles. The molecule has 0 saturated carbocycles. The molecule has 27 heavy (non-hydrogen) atoms. The number of carbonyl (C=O) groups is 1. The molecule has 142 valence electrons. The molecule has 2 aromatic carbocycles. The third-order valence-corrected chi connectivity index (χ3v) is 5.32. The van der Waals surface area contributed by atoms with Gasteiger partial charge in [-0.3, -0.25) is 9.69 Å². The fourth-order valence-electron chi connectivity index (χ4n) is 3.62. The minimum Gasteiger partial charge on any atom is -0.295 e.